The van der Waals surface area contributed by atoms with Crippen molar-refractivity contribution in [1.82, 2.24) is 9.03 Å². The van der Waals surface area contributed by atoms with Crippen LogP contribution in [0, 0.1) is 19.8 Å². The fourth-order valence-electron chi connectivity index (χ4n) is 3.14. The maximum atomic E-state index is 12.4. The van der Waals surface area contributed by atoms with Gasteiger partial charge in [-0.05, 0) is 68.7 Å². The molecule has 1 saturated carbocycles. The second-order valence-corrected chi connectivity index (χ2v) is 11.2. The van der Waals surface area contributed by atoms with Crippen LogP contribution in [0.5, 0.6) is 0 Å². The summed E-state index contributed by atoms with van der Waals surface area (Å²) >= 11 is 0. The monoisotopic (exact) mass is 386 g/mol. The maximum absolute atomic E-state index is 12.4. The van der Waals surface area contributed by atoms with Crippen molar-refractivity contribution in [3.05, 3.63) is 29.3 Å². The maximum Gasteiger partial charge on any atom is 0.240 e. The molecule has 0 amide bonds. The van der Waals surface area contributed by atoms with Gasteiger partial charge in [-0.15, -0.1) is 0 Å². The van der Waals surface area contributed by atoms with Crippen LogP contribution in [0.15, 0.2) is 23.1 Å². The highest BCUT2D eigenvalue weighted by atomic mass is 32.2. The Morgan fingerprint density at radius 2 is 1.64 bits per heavy atom. The number of hydrogen-bond acceptors (Lipinski definition) is 4. The third kappa shape index (κ3) is 4.24. The molecule has 3 rings (SSSR count). The average Bonchev–Trinajstić information content (AvgIpc) is 3.41. The molecule has 25 heavy (non-hydrogen) atoms. The summed E-state index contributed by atoms with van der Waals surface area (Å²) in [6.45, 7) is 5.18. The summed E-state index contributed by atoms with van der Waals surface area (Å²) in [7, 11) is -6.64. The molecule has 0 radical (unpaired) electrons. The van der Waals surface area contributed by atoms with E-state index in [1.165, 1.54) is 0 Å². The van der Waals surface area contributed by atoms with E-state index in [1.54, 1.807) is 16.4 Å². The second kappa shape index (κ2) is 6.98. The van der Waals surface area contributed by atoms with Gasteiger partial charge >= 0.3 is 0 Å². The van der Waals surface area contributed by atoms with Gasteiger partial charge in [-0.25, -0.2) is 25.9 Å². The minimum absolute atomic E-state index is 0.173. The van der Waals surface area contributed by atoms with Crippen molar-refractivity contribution in [2.45, 2.75) is 49.7 Å². The van der Waals surface area contributed by atoms with Gasteiger partial charge in [-0.3, -0.25) is 0 Å². The van der Waals surface area contributed by atoms with E-state index < -0.39 is 20.0 Å². The highest BCUT2D eigenvalue weighted by Crippen LogP contribution is 2.33. The van der Waals surface area contributed by atoms with Gasteiger partial charge in [0.2, 0.25) is 20.0 Å². The lowest BCUT2D eigenvalue weighted by Gasteiger charge is -2.31. The van der Waals surface area contributed by atoms with E-state index in [0.717, 1.165) is 24.0 Å². The lowest BCUT2D eigenvalue weighted by molar-refractivity contribution is 0.274. The Bertz CT molecular complexity index is 837. The minimum Gasteiger partial charge on any atom is -0.212 e. The number of rotatable bonds is 6. The van der Waals surface area contributed by atoms with Crippen LogP contribution in [0.1, 0.15) is 36.8 Å². The Morgan fingerprint density at radius 3 is 2.20 bits per heavy atom. The topological polar surface area (TPSA) is 83.6 Å². The first-order chi connectivity index (χ1) is 11.7. The Balaban J connectivity index is 1.55. The number of nitrogens with zero attached hydrogens (tertiary/aromatic N) is 1. The number of hydrogen-bond donors (Lipinski definition) is 1. The fraction of sp³-hybridized carbons (Fsp3) is 0.647. The molecule has 6 nitrogen and oxygen atoms in total. The fourth-order valence-corrected chi connectivity index (χ4v) is 6.21. The molecule has 0 atom stereocenters. The van der Waals surface area contributed by atoms with Crippen LogP contribution in [0.3, 0.4) is 0 Å². The quantitative estimate of drug-likeness (QED) is 0.808. The molecule has 1 aromatic carbocycles. The number of sulfonamides is 2. The summed E-state index contributed by atoms with van der Waals surface area (Å²) in [5, 5.41) is -0.174. The summed E-state index contributed by atoms with van der Waals surface area (Å²) in [5.74, 6) is 0.173. The van der Waals surface area contributed by atoms with Crippen molar-refractivity contribution in [3.8, 4) is 0 Å². The first-order valence-corrected chi connectivity index (χ1v) is 11.7. The summed E-state index contributed by atoms with van der Waals surface area (Å²) in [4.78, 5) is 0.282. The van der Waals surface area contributed by atoms with Crippen LogP contribution in [0.25, 0.3) is 0 Å². The van der Waals surface area contributed by atoms with Crippen LogP contribution in [0.4, 0.5) is 0 Å². The molecule has 0 unspecified atom stereocenters. The molecule has 1 aliphatic heterocycles. The highest BCUT2D eigenvalue weighted by molar-refractivity contribution is 7.90. The normalized spacial score (nSPS) is 20.7. The zero-order valence-corrected chi connectivity index (χ0v) is 16.4. The zero-order chi connectivity index (χ0) is 18.2. The van der Waals surface area contributed by atoms with Gasteiger partial charge in [-0.2, -0.15) is 0 Å². The molecule has 2 aliphatic rings. The van der Waals surface area contributed by atoms with Gasteiger partial charge < -0.3 is 0 Å². The van der Waals surface area contributed by atoms with E-state index in [9.17, 15) is 16.8 Å². The molecule has 1 N–H and O–H groups in total. The van der Waals surface area contributed by atoms with Crippen LogP contribution in [0.2, 0.25) is 0 Å². The summed E-state index contributed by atoms with van der Waals surface area (Å²) in [6, 6.07) is 5.11. The van der Waals surface area contributed by atoms with Crippen molar-refractivity contribution in [3.63, 3.8) is 0 Å². The van der Waals surface area contributed by atoms with Crippen LogP contribution >= 0.6 is 0 Å². The number of piperidine rings is 1. The van der Waals surface area contributed by atoms with Gasteiger partial charge in [0.1, 0.15) is 0 Å². The van der Waals surface area contributed by atoms with Crippen molar-refractivity contribution in [2.24, 2.45) is 5.92 Å². The Kier molecular flexibility index (Phi) is 5.26. The summed E-state index contributed by atoms with van der Waals surface area (Å²) in [5.41, 5.74) is 2.00. The SMILES string of the molecule is Cc1ccc(S(=O)(=O)NCC2CCN(S(=O)(=O)C3CC3)CC2)cc1C. The molecule has 0 bridgehead atoms. The molecule has 1 heterocycles. The predicted molar refractivity (Wildman–Crippen MR) is 97.3 cm³/mol. The molecular formula is C17H26N2O4S2. The minimum atomic E-state index is -3.53. The van der Waals surface area contributed by atoms with Crippen molar-refractivity contribution in [2.75, 3.05) is 19.6 Å². The molecule has 1 aromatic rings. The second-order valence-electron chi connectivity index (χ2n) is 7.18. The van der Waals surface area contributed by atoms with Crippen molar-refractivity contribution < 1.29 is 16.8 Å². The van der Waals surface area contributed by atoms with E-state index in [0.29, 0.717) is 32.5 Å². The molecule has 8 heteroatoms. The molecule has 1 aliphatic carbocycles. The van der Waals surface area contributed by atoms with E-state index in [4.69, 9.17) is 0 Å². The van der Waals surface area contributed by atoms with Gasteiger partial charge in [0, 0.05) is 19.6 Å². The smallest absolute Gasteiger partial charge is 0.212 e. The molecular weight excluding hydrogens is 360 g/mol. The van der Waals surface area contributed by atoms with E-state index in [2.05, 4.69) is 4.72 Å². The molecule has 2 fully saturated rings. The van der Waals surface area contributed by atoms with E-state index >= 15 is 0 Å². The van der Waals surface area contributed by atoms with E-state index in [1.807, 2.05) is 19.9 Å². The van der Waals surface area contributed by atoms with Gasteiger partial charge in [-0.1, -0.05) is 6.07 Å². The van der Waals surface area contributed by atoms with E-state index in [-0.39, 0.29) is 16.1 Å². The first kappa shape index (κ1) is 18.8. The Labute approximate surface area is 150 Å². The van der Waals surface area contributed by atoms with Gasteiger partial charge in [0.25, 0.3) is 0 Å². The zero-order valence-electron chi connectivity index (χ0n) is 14.7. The lowest BCUT2D eigenvalue weighted by atomic mass is 9.99. The molecule has 0 aromatic heterocycles. The third-order valence-corrected chi connectivity index (χ3v) is 9.05. The van der Waals surface area contributed by atoms with Gasteiger partial charge in [0.05, 0.1) is 10.1 Å². The van der Waals surface area contributed by atoms with Crippen LogP contribution < -0.4 is 4.72 Å². The Morgan fingerprint density at radius 1 is 1.00 bits per heavy atom. The largest absolute Gasteiger partial charge is 0.240 e. The number of aryl methyl sites for hydroxylation is 2. The van der Waals surface area contributed by atoms with Crippen LogP contribution in [-0.2, 0) is 20.0 Å². The average molecular weight is 387 g/mol. The summed E-state index contributed by atoms with van der Waals surface area (Å²) < 4.78 is 53.6. The number of nitrogens with one attached hydrogen (secondary N) is 1. The summed E-state index contributed by atoms with van der Waals surface area (Å²) in [6.07, 6.45) is 2.94. The van der Waals surface area contributed by atoms with Gasteiger partial charge in [0.15, 0.2) is 0 Å². The number of benzene rings is 1. The van der Waals surface area contributed by atoms with Crippen LogP contribution in [-0.4, -0.2) is 46.0 Å². The standard InChI is InChI=1S/C17H26N2O4S2/c1-13-3-4-17(11-14(13)2)24(20,21)18-12-15-7-9-19(10-8-15)25(22,23)16-5-6-16/h3-4,11,15-16,18H,5-10,12H2,1-2H3. The predicted octanol–water partition coefficient (Wildman–Crippen LogP) is 1.79. The van der Waals surface area contributed by atoms with Crippen molar-refractivity contribution >= 4 is 20.0 Å². The van der Waals surface area contributed by atoms with Crippen molar-refractivity contribution in [1.29, 1.82) is 0 Å². The molecule has 140 valence electrons. The Hall–Kier alpha value is -0.960. The third-order valence-electron chi connectivity index (χ3n) is 5.23. The molecule has 0 spiro atoms. The lowest BCUT2D eigenvalue weighted by Crippen LogP contribution is -2.42. The first-order valence-electron chi connectivity index (χ1n) is 8.76. The highest BCUT2D eigenvalue weighted by Gasteiger charge is 2.41. The molecule has 1 saturated heterocycles.